The third-order valence-corrected chi connectivity index (χ3v) is 2.58. The van der Waals surface area contributed by atoms with E-state index in [-0.39, 0.29) is 24.8 Å². The van der Waals surface area contributed by atoms with E-state index in [0.717, 1.165) is 6.42 Å². The number of aliphatic carboxylic acids is 1. The maximum absolute atomic E-state index is 11.7. The van der Waals surface area contributed by atoms with Gasteiger partial charge in [0.1, 0.15) is 0 Å². The Balaban J connectivity index is 4.13. The van der Waals surface area contributed by atoms with Gasteiger partial charge in [0.15, 0.2) is 0 Å². The maximum atomic E-state index is 11.7. The summed E-state index contributed by atoms with van der Waals surface area (Å²) >= 11 is 0. The zero-order valence-electron chi connectivity index (χ0n) is 9.56. The molecule has 0 saturated heterocycles. The van der Waals surface area contributed by atoms with E-state index in [1.54, 1.807) is 7.05 Å². The van der Waals surface area contributed by atoms with E-state index in [1.165, 1.54) is 4.90 Å². The van der Waals surface area contributed by atoms with Crippen molar-refractivity contribution in [2.45, 2.75) is 32.7 Å². The topological polar surface area (TPSA) is 83.6 Å². The molecule has 88 valence electrons. The van der Waals surface area contributed by atoms with Crippen molar-refractivity contribution in [3.63, 3.8) is 0 Å². The van der Waals surface area contributed by atoms with Gasteiger partial charge in [0.05, 0.1) is 12.5 Å². The Bertz CT molecular complexity index is 231. The molecule has 0 heterocycles. The fourth-order valence-electron chi connectivity index (χ4n) is 1.13. The molecule has 0 aromatic carbocycles. The number of nitrogens with zero attached hydrogens (tertiary/aromatic N) is 1. The van der Waals surface area contributed by atoms with Gasteiger partial charge in [-0.05, 0) is 5.92 Å². The molecule has 0 saturated carbocycles. The first-order chi connectivity index (χ1) is 6.90. The zero-order chi connectivity index (χ0) is 12.0. The predicted octanol–water partition coefficient (Wildman–Crippen LogP) is 0.293. The minimum absolute atomic E-state index is 0.0462. The quantitative estimate of drug-likeness (QED) is 0.668. The number of carbonyl (C=O) groups is 2. The van der Waals surface area contributed by atoms with Crippen molar-refractivity contribution in [1.29, 1.82) is 0 Å². The van der Waals surface area contributed by atoms with Crippen molar-refractivity contribution in [3.05, 3.63) is 0 Å². The summed E-state index contributed by atoms with van der Waals surface area (Å²) in [6, 6.07) is -0.534. The molecule has 0 aromatic heterocycles. The van der Waals surface area contributed by atoms with Crippen molar-refractivity contribution in [1.82, 2.24) is 4.90 Å². The molecule has 0 rings (SSSR count). The second-order valence-corrected chi connectivity index (χ2v) is 3.81. The number of hydrogen-bond donors (Lipinski definition) is 2. The fourth-order valence-corrected chi connectivity index (χ4v) is 1.13. The van der Waals surface area contributed by atoms with Crippen molar-refractivity contribution >= 4 is 11.9 Å². The van der Waals surface area contributed by atoms with Gasteiger partial charge in [-0.15, -0.1) is 0 Å². The lowest BCUT2D eigenvalue weighted by molar-refractivity contribution is -0.138. The number of likely N-dealkylation sites (N-methyl/N-ethyl adjacent to an activating group) is 1. The molecule has 1 amide bonds. The van der Waals surface area contributed by atoms with Gasteiger partial charge in [0.25, 0.3) is 0 Å². The van der Waals surface area contributed by atoms with Crippen LogP contribution >= 0.6 is 0 Å². The molecule has 0 aliphatic heterocycles. The van der Waals surface area contributed by atoms with E-state index in [4.69, 9.17) is 10.8 Å². The highest BCUT2D eigenvalue weighted by Crippen LogP contribution is 2.07. The summed E-state index contributed by atoms with van der Waals surface area (Å²) in [4.78, 5) is 23.4. The minimum atomic E-state index is -0.910. The van der Waals surface area contributed by atoms with Crippen LogP contribution in [0.3, 0.4) is 0 Å². The van der Waals surface area contributed by atoms with Gasteiger partial charge in [-0.1, -0.05) is 20.3 Å². The van der Waals surface area contributed by atoms with Crippen molar-refractivity contribution in [3.8, 4) is 0 Å². The van der Waals surface area contributed by atoms with Gasteiger partial charge in [-0.25, -0.2) is 0 Å². The first-order valence-electron chi connectivity index (χ1n) is 5.12. The number of nitrogens with two attached hydrogens (primary N) is 1. The summed E-state index contributed by atoms with van der Waals surface area (Å²) in [5, 5.41) is 8.47. The van der Waals surface area contributed by atoms with Crippen LogP contribution in [0.15, 0.2) is 0 Å². The molecule has 0 aliphatic rings. The van der Waals surface area contributed by atoms with Crippen LogP contribution in [0.1, 0.15) is 26.7 Å². The van der Waals surface area contributed by atoms with Crippen molar-refractivity contribution < 1.29 is 14.7 Å². The second-order valence-electron chi connectivity index (χ2n) is 3.81. The highest BCUT2D eigenvalue weighted by Gasteiger charge is 2.22. The molecule has 0 aromatic rings. The van der Waals surface area contributed by atoms with Gasteiger partial charge in [-0.2, -0.15) is 0 Å². The Morgan fingerprint density at radius 1 is 1.47 bits per heavy atom. The smallest absolute Gasteiger partial charge is 0.305 e. The largest absolute Gasteiger partial charge is 0.481 e. The van der Waals surface area contributed by atoms with Gasteiger partial charge >= 0.3 is 5.97 Å². The van der Waals surface area contributed by atoms with Gasteiger partial charge < -0.3 is 15.7 Å². The van der Waals surface area contributed by atoms with Crippen LogP contribution in [-0.4, -0.2) is 41.5 Å². The van der Waals surface area contributed by atoms with E-state index in [2.05, 4.69) is 0 Å². The van der Waals surface area contributed by atoms with Crippen molar-refractivity contribution in [2.24, 2.45) is 11.7 Å². The molecule has 0 aliphatic carbocycles. The lowest BCUT2D eigenvalue weighted by atomic mass is 9.99. The standard InChI is InChI=1S/C10H20N2O3/c1-4-7(2)9(11)10(15)12(3)6-5-8(13)14/h7,9H,4-6,11H2,1-3H3,(H,13,14)/t7?,9-/m0/s1. The molecule has 5 heteroatoms. The SMILES string of the molecule is CCC(C)[C@H](N)C(=O)N(C)CCC(=O)O. The van der Waals surface area contributed by atoms with E-state index < -0.39 is 12.0 Å². The predicted molar refractivity (Wildman–Crippen MR) is 57.3 cm³/mol. The summed E-state index contributed by atoms with van der Waals surface area (Å²) in [5.41, 5.74) is 5.74. The minimum Gasteiger partial charge on any atom is -0.481 e. The van der Waals surface area contributed by atoms with E-state index in [1.807, 2.05) is 13.8 Å². The van der Waals surface area contributed by atoms with Crippen LogP contribution in [0.4, 0.5) is 0 Å². The number of carboxylic acids is 1. The maximum Gasteiger partial charge on any atom is 0.305 e. The second kappa shape index (κ2) is 6.40. The summed E-state index contributed by atoms with van der Waals surface area (Å²) in [7, 11) is 1.58. The van der Waals surface area contributed by atoms with E-state index in [9.17, 15) is 9.59 Å². The van der Waals surface area contributed by atoms with Gasteiger partial charge in [0, 0.05) is 13.6 Å². The van der Waals surface area contributed by atoms with Crippen LogP contribution in [0.2, 0.25) is 0 Å². The van der Waals surface area contributed by atoms with Crippen LogP contribution in [0.5, 0.6) is 0 Å². The highest BCUT2D eigenvalue weighted by molar-refractivity contribution is 5.82. The average molecular weight is 216 g/mol. The number of carbonyl (C=O) groups excluding carboxylic acids is 1. The van der Waals surface area contributed by atoms with Crippen LogP contribution in [0.25, 0.3) is 0 Å². The Morgan fingerprint density at radius 3 is 2.40 bits per heavy atom. The Labute approximate surface area is 90.2 Å². The molecule has 2 atom stereocenters. The average Bonchev–Trinajstić information content (AvgIpc) is 2.22. The van der Waals surface area contributed by atoms with E-state index in [0.29, 0.717) is 0 Å². The first-order valence-corrected chi connectivity index (χ1v) is 5.12. The zero-order valence-corrected chi connectivity index (χ0v) is 9.56. The Hall–Kier alpha value is -1.10. The number of amides is 1. The molecule has 0 spiro atoms. The lowest BCUT2D eigenvalue weighted by Crippen LogP contribution is -2.45. The Kier molecular flexibility index (Phi) is 5.93. The first kappa shape index (κ1) is 13.9. The molecule has 3 N–H and O–H groups in total. The molecular weight excluding hydrogens is 196 g/mol. The van der Waals surface area contributed by atoms with Crippen molar-refractivity contribution in [2.75, 3.05) is 13.6 Å². The molecule has 5 nitrogen and oxygen atoms in total. The van der Waals surface area contributed by atoms with Crippen LogP contribution in [-0.2, 0) is 9.59 Å². The summed E-state index contributed by atoms with van der Waals surface area (Å²) in [6.07, 6.45) is 0.787. The monoisotopic (exact) mass is 216 g/mol. The van der Waals surface area contributed by atoms with Gasteiger partial charge in [-0.3, -0.25) is 9.59 Å². The molecule has 0 bridgehead atoms. The lowest BCUT2D eigenvalue weighted by Gasteiger charge is -2.24. The molecule has 1 unspecified atom stereocenters. The number of carboxylic acid groups (broad SMARTS) is 1. The third-order valence-electron chi connectivity index (χ3n) is 2.58. The Morgan fingerprint density at radius 2 is 2.00 bits per heavy atom. The fraction of sp³-hybridized carbons (Fsp3) is 0.800. The van der Waals surface area contributed by atoms with Gasteiger partial charge in [0.2, 0.25) is 5.91 Å². The number of hydrogen-bond acceptors (Lipinski definition) is 3. The highest BCUT2D eigenvalue weighted by atomic mass is 16.4. The third kappa shape index (κ3) is 4.78. The summed E-state index contributed by atoms with van der Waals surface area (Å²) in [5.74, 6) is -0.984. The van der Waals surface area contributed by atoms with E-state index >= 15 is 0 Å². The normalized spacial score (nSPS) is 14.4. The van der Waals surface area contributed by atoms with Crippen LogP contribution in [0, 0.1) is 5.92 Å². The number of rotatable bonds is 6. The molecule has 0 radical (unpaired) electrons. The molecule has 15 heavy (non-hydrogen) atoms. The molecule has 0 fully saturated rings. The summed E-state index contributed by atoms with van der Waals surface area (Å²) in [6.45, 7) is 4.08. The summed E-state index contributed by atoms with van der Waals surface area (Å²) < 4.78 is 0. The molecular formula is C10H20N2O3. The van der Waals surface area contributed by atoms with Crippen LogP contribution < -0.4 is 5.73 Å².